The number of anilines is 1. The zero-order valence-corrected chi connectivity index (χ0v) is 18.0. The zero-order valence-electron chi connectivity index (χ0n) is 18.0. The first kappa shape index (κ1) is 23.4. The minimum atomic E-state index is -4.12. The lowest BCUT2D eigenvalue weighted by molar-refractivity contribution is -0.148. The number of aliphatic imine (C=N–C) groups is 1. The van der Waals surface area contributed by atoms with Crippen molar-refractivity contribution < 1.29 is 18.0 Å². The summed E-state index contributed by atoms with van der Waals surface area (Å²) in [6, 6.07) is 7.81. The lowest BCUT2D eigenvalue weighted by Crippen LogP contribution is -2.41. The number of carbonyl (C=O) groups excluding carboxylic acids is 1. The van der Waals surface area contributed by atoms with Crippen LogP contribution in [0.1, 0.15) is 44.1 Å². The zero-order chi connectivity index (χ0) is 22.3. The van der Waals surface area contributed by atoms with Crippen molar-refractivity contribution in [3.8, 4) is 0 Å². The highest BCUT2D eigenvalue weighted by atomic mass is 19.4. The van der Waals surface area contributed by atoms with Crippen molar-refractivity contribution in [2.45, 2.75) is 44.7 Å². The second kappa shape index (κ2) is 10.8. The Hall–Kier alpha value is -2.29. The molecule has 2 heterocycles. The Bertz CT molecular complexity index is 760. The molecular formula is C22H32F3N5O. The number of piperidine rings is 1. The Kier molecular flexibility index (Phi) is 8.17. The summed E-state index contributed by atoms with van der Waals surface area (Å²) >= 11 is 0. The molecule has 0 spiro atoms. The van der Waals surface area contributed by atoms with Gasteiger partial charge in [0.25, 0.3) is 0 Å². The first-order chi connectivity index (χ1) is 14.8. The first-order valence-corrected chi connectivity index (χ1v) is 11.0. The van der Waals surface area contributed by atoms with Crippen LogP contribution < -0.4 is 16.0 Å². The smallest absolute Gasteiger partial charge is 0.357 e. The fourth-order valence-electron chi connectivity index (χ4n) is 4.29. The van der Waals surface area contributed by atoms with E-state index in [0.29, 0.717) is 37.9 Å². The van der Waals surface area contributed by atoms with Crippen molar-refractivity contribution in [3.63, 3.8) is 0 Å². The number of amides is 1. The van der Waals surface area contributed by atoms with E-state index >= 15 is 0 Å². The number of guanidine groups is 1. The molecule has 6 nitrogen and oxygen atoms in total. The molecule has 0 aromatic heterocycles. The summed E-state index contributed by atoms with van der Waals surface area (Å²) in [5, 5.41) is 9.47. The Balaban J connectivity index is 1.46. The molecule has 0 bridgehead atoms. The summed E-state index contributed by atoms with van der Waals surface area (Å²) < 4.78 is 37.6. The van der Waals surface area contributed by atoms with E-state index in [0.717, 1.165) is 43.6 Å². The number of hydrogen-bond donors (Lipinski definition) is 3. The summed E-state index contributed by atoms with van der Waals surface area (Å²) in [7, 11) is 0. The van der Waals surface area contributed by atoms with Crippen LogP contribution in [0.5, 0.6) is 0 Å². The molecule has 0 aliphatic carbocycles. The number of halogens is 3. The molecule has 2 aliphatic rings. The summed E-state index contributed by atoms with van der Waals surface area (Å²) in [4.78, 5) is 18.2. The van der Waals surface area contributed by atoms with E-state index in [1.165, 1.54) is 4.90 Å². The molecule has 1 fully saturated rings. The van der Waals surface area contributed by atoms with Crippen molar-refractivity contribution in [1.82, 2.24) is 15.5 Å². The van der Waals surface area contributed by atoms with Gasteiger partial charge >= 0.3 is 6.18 Å². The molecule has 0 radical (unpaired) electrons. The van der Waals surface area contributed by atoms with E-state index in [9.17, 15) is 18.0 Å². The van der Waals surface area contributed by atoms with Gasteiger partial charge in [0.15, 0.2) is 5.96 Å². The van der Waals surface area contributed by atoms with Gasteiger partial charge in [0.05, 0.1) is 13.1 Å². The van der Waals surface area contributed by atoms with Crippen LogP contribution in [0.3, 0.4) is 0 Å². The van der Waals surface area contributed by atoms with Crippen molar-refractivity contribution in [2.24, 2.45) is 10.9 Å². The molecule has 31 heavy (non-hydrogen) atoms. The molecule has 1 aromatic rings. The monoisotopic (exact) mass is 439 g/mol. The molecule has 172 valence electrons. The summed E-state index contributed by atoms with van der Waals surface area (Å²) in [6.07, 6.45) is -1.22. The highest BCUT2D eigenvalue weighted by Crippen LogP contribution is 2.32. The van der Waals surface area contributed by atoms with E-state index in [4.69, 9.17) is 0 Å². The number of nitrogens with zero attached hydrogens (tertiary/aromatic N) is 2. The third-order valence-corrected chi connectivity index (χ3v) is 5.88. The van der Waals surface area contributed by atoms with E-state index < -0.39 is 12.7 Å². The molecule has 1 atom stereocenters. The minimum Gasteiger partial charge on any atom is -0.357 e. The third kappa shape index (κ3) is 7.41. The second-order valence-electron chi connectivity index (χ2n) is 8.31. The van der Waals surface area contributed by atoms with Gasteiger partial charge in [-0.2, -0.15) is 13.2 Å². The van der Waals surface area contributed by atoms with Gasteiger partial charge in [0, 0.05) is 31.1 Å². The van der Waals surface area contributed by atoms with Crippen LogP contribution in [0.4, 0.5) is 18.9 Å². The molecular weight excluding hydrogens is 407 g/mol. The second-order valence-corrected chi connectivity index (χ2v) is 8.31. The van der Waals surface area contributed by atoms with Crippen molar-refractivity contribution in [2.75, 3.05) is 44.6 Å². The molecule has 2 aliphatic heterocycles. The Morgan fingerprint density at radius 2 is 1.97 bits per heavy atom. The van der Waals surface area contributed by atoms with Crippen LogP contribution in [0.2, 0.25) is 0 Å². The molecule has 9 heteroatoms. The molecule has 3 N–H and O–H groups in total. The number of para-hydroxylation sites is 1. The van der Waals surface area contributed by atoms with E-state index in [1.807, 2.05) is 31.2 Å². The largest absolute Gasteiger partial charge is 0.401 e. The van der Waals surface area contributed by atoms with Gasteiger partial charge in [-0.3, -0.25) is 14.7 Å². The van der Waals surface area contributed by atoms with Crippen LogP contribution >= 0.6 is 0 Å². The molecule has 3 rings (SSSR count). The van der Waals surface area contributed by atoms with E-state index in [2.05, 4.69) is 20.9 Å². The lowest BCUT2D eigenvalue weighted by Gasteiger charge is -2.32. The van der Waals surface area contributed by atoms with Crippen LogP contribution in [-0.4, -0.2) is 62.2 Å². The number of rotatable bonds is 7. The maximum Gasteiger partial charge on any atom is 0.401 e. The number of hydrogen-bond acceptors (Lipinski definition) is 3. The van der Waals surface area contributed by atoms with Crippen LogP contribution in [0, 0.1) is 5.92 Å². The van der Waals surface area contributed by atoms with Gasteiger partial charge in [-0.05, 0) is 56.8 Å². The number of carbonyl (C=O) groups is 1. The maximum atomic E-state index is 12.5. The van der Waals surface area contributed by atoms with Gasteiger partial charge in [-0.15, -0.1) is 0 Å². The topological polar surface area (TPSA) is 68.8 Å². The Labute approximate surface area is 181 Å². The number of benzene rings is 1. The highest BCUT2D eigenvalue weighted by Gasteiger charge is 2.32. The fourth-order valence-corrected chi connectivity index (χ4v) is 4.29. The molecule has 1 aromatic carbocycles. The number of likely N-dealkylation sites (tertiary alicyclic amines) is 1. The summed E-state index contributed by atoms with van der Waals surface area (Å²) in [5.41, 5.74) is 1.96. The maximum absolute atomic E-state index is 12.5. The quantitative estimate of drug-likeness (QED) is 0.450. The number of nitrogens with one attached hydrogen (secondary N) is 3. The Morgan fingerprint density at radius 1 is 1.23 bits per heavy atom. The lowest BCUT2D eigenvalue weighted by atomic mass is 9.91. The predicted octanol–water partition coefficient (Wildman–Crippen LogP) is 3.33. The van der Waals surface area contributed by atoms with E-state index in [1.54, 1.807) is 0 Å². The van der Waals surface area contributed by atoms with E-state index in [-0.39, 0.29) is 11.8 Å². The summed E-state index contributed by atoms with van der Waals surface area (Å²) in [5.74, 6) is 1.18. The number of fused-ring (bicyclic) bond motifs is 1. The van der Waals surface area contributed by atoms with Crippen molar-refractivity contribution in [1.29, 1.82) is 0 Å². The number of alkyl halides is 3. The van der Waals surface area contributed by atoms with Gasteiger partial charge in [-0.1, -0.05) is 18.2 Å². The predicted molar refractivity (Wildman–Crippen MR) is 116 cm³/mol. The SMILES string of the molecule is CCNC(=NCC1CC(=O)Nc2ccccc21)NCCC1CCN(CC(F)(F)F)CC1. The molecule has 0 saturated carbocycles. The van der Waals surface area contributed by atoms with Crippen molar-refractivity contribution in [3.05, 3.63) is 29.8 Å². The molecule has 1 saturated heterocycles. The Morgan fingerprint density at radius 3 is 2.68 bits per heavy atom. The highest BCUT2D eigenvalue weighted by molar-refractivity contribution is 5.94. The molecule has 1 amide bonds. The fraction of sp³-hybridized carbons (Fsp3) is 0.636. The van der Waals surface area contributed by atoms with Crippen molar-refractivity contribution >= 4 is 17.6 Å². The summed E-state index contributed by atoms with van der Waals surface area (Å²) in [6.45, 7) is 4.15. The average molecular weight is 440 g/mol. The van der Waals surface area contributed by atoms with Crippen LogP contribution in [0.15, 0.2) is 29.3 Å². The third-order valence-electron chi connectivity index (χ3n) is 5.88. The average Bonchev–Trinajstić information content (AvgIpc) is 2.72. The standard InChI is InChI=1S/C22H32F3N5O/c1-2-26-21(27-10-7-16-8-11-30(12-9-16)15-22(23,24)25)28-14-17-13-20(31)29-19-6-4-3-5-18(17)19/h3-6,16-17H,2,7-15H2,1H3,(H,29,31)(H2,26,27,28). The van der Waals surface area contributed by atoms with Crippen LogP contribution in [0.25, 0.3) is 0 Å². The van der Waals surface area contributed by atoms with Gasteiger partial charge < -0.3 is 16.0 Å². The molecule has 1 unspecified atom stereocenters. The van der Waals surface area contributed by atoms with Gasteiger partial charge in [0.1, 0.15) is 0 Å². The van der Waals surface area contributed by atoms with Gasteiger partial charge in [0.2, 0.25) is 5.91 Å². The minimum absolute atomic E-state index is 0.00808. The first-order valence-electron chi connectivity index (χ1n) is 11.0. The normalized spacial score (nSPS) is 20.8. The van der Waals surface area contributed by atoms with Gasteiger partial charge in [-0.25, -0.2) is 0 Å². The van der Waals surface area contributed by atoms with Crippen LogP contribution in [-0.2, 0) is 4.79 Å².